The molecule has 126 valence electrons. The van der Waals surface area contributed by atoms with Gasteiger partial charge in [0, 0.05) is 17.1 Å². The summed E-state index contributed by atoms with van der Waals surface area (Å²) in [5.74, 6) is -0.131. The highest BCUT2D eigenvalue weighted by molar-refractivity contribution is 6.30. The van der Waals surface area contributed by atoms with E-state index >= 15 is 0 Å². The van der Waals surface area contributed by atoms with Crippen LogP contribution in [-0.4, -0.2) is 25.6 Å². The maximum atomic E-state index is 11.8. The molecule has 0 radical (unpaired) electrons. The number of nitrogens with one attached hydrogen (secondary N) is 1. The largest absolute Gasteiger partial charge is 0.496 e. The Kier molecular flexibility index (Phi) is 6.63. The lowest BCUT2D eigenvalue weighted by Gasteiger charge is -2.09. The van der Waals surface area contributed by atoms with E-state index in [2.05, 4.69) is 5.32 Å². The van der Waals surface area contributed by atoms with Gasteiger partial charge in [0.1, 0.15) is 5.75 Å². The molecule has 0 heterocycles. The first kappa shape index (κ1) is 17.8. The molecule has 0 aromatic heterocycles. The van der Waals surface area contributed by atoms with Crippen molar-refractivity contribution in [1.82, 2.24) is 0 Å². The van der Waals surface area contributed by atoms with E-state index in [4.69, 9.17) is 21.1 Å². The molecule has 0 unspecified atom stereocenters. The molecule has 1 N–H and O–H groups in total. The van der Waals surface area contributed by atoms with Crippen LogP contribution < -0.4 is 10.1 Å². The van der Waals surface area contributed by atoms with Crippen LogP contribution in [0.4, 0.5) is 5.69 Å². The fourth-order valence-corrected chi connectivity index (χ4v) is 2.32. The lowest BCUT2D eigenvalue weighted by molar-refractivity contribution is -0.147. The van der Waals surface area contributed by atoms with Gasteiger partial charge in [0.25, 0.3) is 5.91 Å². The van der Waals surface area contributed by atoms with Crippen molar-refractivity contribution in [2.24, 2.45) is 0 Å². The molecule has 0 saturated heterocycles. The van der Waals surface area contributed by atoms with Crippen molar-refractivity contribution in [3.8, 4) is 5.75 Å². The SMILES string of the molecule is COc1ccccc1CCC(=O)OCC(=O)Nc1cccc(Cl)c1. The molecule has 0 spiro atoms. The molecule has 24 heavy (non-hydrogen) atoms. The van der Waals surface area contributed by atoms with Gasteiger partial charge in [-0.3, -0.25) is 9.59 Å². The Morgan fingerprint density at radius 1 is 1.12 bits per heavy atom. The first-order valence-electron chi connectivity index (χ1n) is 7.41. The van der Waals surface area contributed by atoms with E-state index in [1.807, 2.05) is 24.3 Å². The number of hydrogen-bond acceptors (Lipinski definition) is 4. The average molecular weight is 348 g/mol. The number of ether oxygens (including phenoxy) is 2. The quantitative estimate of drug-likeness (QED) is 0.779. The summed E-state index contributed by atoms with van der Waals surface area (Å²) in [7, 11) is 1.58. The number of benzene rings is 2. The fourth-order valence-electron chi connectivity index (χ4n) is 2.13. The summed E-state index contributed by atoms with van der Waals surface area (Å²) >= 11 is 5.83. The second-order valence-corrected chi connectivity index (χ2v) is 5.47. The number of carbonyl (C=O) groups is 2. The molecule has 0 aliphatic rings. The second kappa shape index (κ2) is 8.93. The zero-order valence-corrected chi connectivity index (χ0v) is 14.0. The van der Waals surface area contributed by atoms with Gasteiger partial charge in [0.15, 0.2) is 6.61 Å². The average Bonchev–Trinajstić information content (AvgIpc) is 2.58. The van der Waals surface area contributed by atoms with Crippen molar-refractivity contribution >= 4 is 29.2 Å². The third-order valence-electron chi connectivity index (χ3n) is 3.26. The van der Waals surface area contributed by atoms with Gasteiger partial charge in [-0.15, -0.1) is 0 Å². The summed E-state index contributed by atoms with van der Waals surface area (Å²) in [5, 5.41) is 3.12. The molecule has 6 heteroatoms. The molecule has 2 aromatic carbocycles. The molecule has 0 fully saturated rings. The molecule has 5 nitrogen and oxygen atoms in total. The third-order valence-corrected chi connectivity index (χ3v) is 3.50. The van der Waals surface area contributed by atoms with Crippen LogP contribution in [0.5, 0.6) is 5.75 Å². The highest BCUT2D eigenvalue weighted by atomic mass is 35.5. The van der Waals surface area contributed by atoms with E-state index in [0.29, 0.717) is 17.1 Å². The third kappa shape index (κ3) is 5.59. The highest BCUT2D eigenvalue weighted by Crippen LogP contribution is 2.19. The standard InChI is InChI=1S/C18H18ClNO4/c1-23-16-8-3-2-5-13(16)9-10-18(22)24-12-17(21)20-15-7-4-6-14(19)11-15/h2-8,11H,9-10,12H2,1H3,(H,20,21). The van der Waals surface area contributed by atoms with Crippen molar-refractivity contribution in [3.63, 3.8) is 0 Å². The molecule has 0 aliphatic carbocycles. The van der Waals surface area contributed by atoms with Crippen LogP contribution in [0.3, 0.4) is 0 Å². The van der Waals surface area contributed by atoms with E-state index in [-0.39, 0.29) is 13.0 Å². The zero-order chi connectivity index (χ0) is 17.4. The summed E-state index contributed by atoms with van der Waals surface area (Å²) < 4.78 is 10.2. The minimum absolute atomic E-state index is 0.171. The van der Waals surface area contributed by atoms with Crippen LogP contribution in [0.2, 0.25) is 5.02 Å². The number of rotatable bonds is 7. The predicted molar refractivity (Wildman–Crippen MR) is 92.4 cm³/mol. The first-order chi connectivity index (χ1) is 11.6. The normalized spacial score (nSPS) is 10.1. The first-order valence-corrected chi connectivity index (χ1v) is 7.79. The Morgan fingerprint density at radius 2 is 1.92 bits per heavy atom. The van der Waals surface area contributed by atoms with Crippen LogP contribution in [0.1, 0.15) is 12.0 Å². The van der Waals surface area contributed by atoms with Crippen LogP contribution >= 0.6 is 11.6 Å². The van der Waals surface area contributed by atoms with Crippen LogP contribution in [-0.2, 0) is 20.7 Å². The number of anilines is 1. The molecular formula is C18H18ClNO4. The van der Waals surface area contributed by atoms with E-state index in [1.165, 1.54) is 0 Å². The summed E-state index contributed by atoms with van der Waals surface area (Å²) in [4.78, 5) is 23.5. The molecular weight excluding hydrogens is 330 g/mol. The minimum atomic E-state index is -0.442. The highest BCUT2D eigenvalue weighted by Gasteiger charge is 2.10. The zero-order valence-electron chi connectivity index (χ0n) is 13.3. The Balaban J connectivity index is 1.75. The number of aryl methyl sites for hydroxylation is 1. The van der Waals surface area contributed by atoms with Gasteiger partial charge in [0.05, 0.1) is 7.11 Å². The van der Waals surface area contributed by atoms with Gasteiger partial charge in [-0.25, -0.2) is 0 Å². The number of carbonyl (C=O) groups excluding carboxylic acids is 2. The molecule has 1 amide bonds. The molecule has 2 rings (SSSR count). The van der Waals surface area contributed by atoms with Gasteiger partial charge in [-0.2, -0.15) is 0 Å². The number of halogens is 1. The van der Waals surface area contributed by atoms with E-state index in [0.717, 1.165) is 11.3 Å². The topological polar surface area (TPSA) is 64.6 Å². The van der Waals surface area contributed by atoms with Gasteiger partial charge < -0.3 is 14.8 Å². The lowest BCUT2D eigenvalue weighted by atomic mass is 10.1. The van der Waals surface area contributed by atoms with Crippen molar-refractivity contribution < 1.29 is 19.1 Å². The monoisotopic (exact) mass is 347 g/mol. The summed E-state index contributed by atoms with van der Waals surface area (Å²) in [6.45, 7) is -0.336. The number of methoxy groups -OCH3 is 1. The van der Waals surface area contributed by atoms with Gasteiger partial charge >= 0.3 is 5.97 Å². The second-order valence-electron chi connectivity index (χ2n) is 5.03. The van der Waals surface area contributed by atoms with Crippen molar-refractivity contribution in [1.29, 1.82) is 0 Å². The van der Waals surface area contributed by atoms with Crippen molar-refractivity contribution in [2.45, 2.75) is 12.8 Å². The Bertz CT molecular complexity index is 718. The van der Waals surface area contributed by atoms with E-state index in [9.17, 15) is 9.59 Å². The molecule has 2 aromatic rings. The lowest BCUT2D eigenvalue weighted by Crippen LogP contribution is -2.21. The van der Waals surface area contributed by atoms with Crippen molar-refractivity contribution in [3.05, 3.63) is 59.1 Å². The molecule has 0 bridgehead atoms. The minimum Gasteiger partial charge on any atom is -0.496 e. The number of esters is 1. The number of amides is 1. The van der Waals surface area contributed by atoms with Crippen molar-refractivity contribution in [2.75, 3.05) is 19.0 Å². The molecule has 0 saturated carbocycles. The molecule has 0 aliphatic heterocycles. The smallest absolute Gasteiger partial charge is 0.306 e. The van der Waals surface area contributed by atoms with Gasteiger partial charge in [-0.05, 0) is 36.2 Å². The Labute approximate surface area is 145 Å². The maximum Gasteiger partial charge on any atom is 0.306 e. The van der Waals surface area contributed by atoms with E-state index < -0.39 is 11.9 Å². The van der Waals surface area contributed by atoms with Crippen LogP contribution in [0.25, 0.3) is 0 Å². The summed E-state index contributed by atoms with van der Waals surface area (Å²) in [6.07, 6.45) is 0.656. The van der Waals surface area contributed by atoms with Crippen LogP contribution in [0, 0.1) is 0 Å². The maximum absolute atomic E-state index is 11.8. The Morgan fingerprint density at radius 3 is 2.67 bits per heavy atom. The summed E-state index contributed by atoms with van der Waals surface area (Å²) in [6, 6.07) is 14.2. The predicted octanol–water partition coefficient (Wildman–Crippen LogP) is 3.46. The molecule has 0 atom stereocenters. The van der Waals surface area contributed by atoms with E-state index in [1.54, 1.807) is 31.4 Å². The van der Waals surface area contributed by atoms with Gasteiger partial charge in [-0.1, -0.05) is 35.9 Å². The number of para-hydroxylation sites is 1. The number of hydrogen-bond donors (Lipinski definition) is 1. The van der Waals surface area contributed by atoms with Gasteiger partial charge in [0.2, 0.25) is 0 Å². The van der Waals surface area contributed by atoms with Crippen LogP contribution in [0.15, 0.2) is 48.5 Å². The Hall–Kier alpha value is -2.53. The fraction of sp³-hybridized carbons (Fsp3) is 0.222. The summed E-state index contributed by atoms with van der Waals surface area (Å²) in [5.41, 5.74) is 1.47.